The summed E-state index contributed by atoms with van der Waals surface area (Å²) in [5.41, 5.74) is 2.84. The van der Waals surface area contributed by atoms with Crippen molar-refractivity contribution in [2.45, 2.75) is 64.0 Å². The van der Waals surface area contributed by atoms with E-state index in [-0.39, 0.29) is 0 Å². The first kappa shape index (κ1) is 13.0. The Morgan fingerprint density at radius 3 is 2.68 bits per heavy atom. The maximum absolute atomic E-state index is 9.81. The van der Waals surface area contributed by atoms with Gasteiger partial charge in [-0.15, -0.1) is 0 Å². The molecule has 0 radical (unpaired) electrons. The predicted octanol–water partition coefficient (Wildman–Crippen LogP) is 4.03. The normalized spacial score (nSPS) is 23.8. The number of aromatic hydroxyl groups is 1. The van der Waals surface area contributed by atoms with Gasteiger partial charge < -0.3 is 5.11 Å². The quantitative estimate of drug-likeness (QED) is 0.885. The lowest BCUT2D eigenvalue weighted by Crippen LogP contribution is -2.38. The molecule has 0 aromatic heterocycles. The summed E-state index contributed by atoms with van der Waals surface area (Å²) in [5, 5.41) is 9.81. The first-order chi connectivity index (χ1) is 9.29. The van der Waals surface area contributed by atoms with Crippen LogP contribution in [0.15, 0.2) is 18.2 Å². The van der Waals surface area contributed by atoms with Gasteiger partial charge in [0.05, 0.1) is 0 Å². The van der Waals surface area contributed by atoms with Gasteiger partial charge in [-0.3, -0.25) is 4.90 Å². The number of hydrogen-bond acceptors (Lipinski definition) is 2. The summed E-state index contributed by atoms with van der Waals surface area (Å²) < 4.78 is 0. The van der Waals surface area contributed by atoms with Crippen LogP contribution in [-0.4, -0.2) is 22.6 Å². The van der Waals surface area contributed by atoms with Crippen molar-refractivity contribution in [1.29, 1.82) is 0 Å². The highest BCUT2D eigenvalue weighted by molar-refractivity contribution is 5.38. The number of rotatable bonds is 3. The molecule has 0 bridgehead atoms. The second kappa shape index (κ2) is 5.54. The highest BCUT2D eigenvalue weighted by Gasteiger charge is 2.31. The maximum atomic E-state index is 9.81. The van der Waals surface area contributed by atoms with Crippen LogP contribution < -0.4 is 0 Å². The highest BCUT2D eigenvalue weighted by Crippen LogP contribution is 2.39. The Balaban J connectivity index is 1.90. The minimum absolute atomic E-state index is 0.424. The molecule has 0 heterocycles. The molecular weight excluding hydrogens is 234 g/mol. The molecule has 19 heavy (non-hydrogen) atoms. The van der Waals surface area contributed by atoms with Gasteiger partial charge in [0.2, 0.25) is 0 Å². The molecule has 104 valence electrons. The molecule has 1 aromatic carbocycles. The minimum Gasteiger partial charge on any atom is -0.508 e. The van der Waals surface area contributed by atoms with Gasteiger partial charge in [-0.1, -0.05) is 25.8 Å². The summed E-state index contributed by atoms with van der Waals surface area (Å²) >= 11 is 0. The van der Waals surface area contributed by atoms with E-state index in [0.29, 0.717) is 11.8 Å². The molecule has 0 spiro atoms. The third kappa shape index (κ3) is 2.51. The molecule has 0 saturated heterocycles. The lowest BCUT2D eigenvalue weighted by atomic mass is 9.86. The summed E-state index contributed by atoms with van der Waals surface area (Å²) in [5.74, 6) is 0.424. The number of aryl methyl sites for hydroxylation is 1. The van der Waals surface area contributed by atoms with Crippen LogP contribution in [0, 0.1) is 0 Å². The third-order valence-corrected chi connectivity index (χ3v) is 4.97. The van der Waals surface area contributed by atoms with Gasteiger partial charge in [-0.05, 0) is 61.9 Å². The van der Waals surface area contributed by atoms with Crippen LogP contribution in [0.4, 0.5) is 0 Å². The summed E-state index contributed by atoms with van der Waals surface area (Å²) in [6.07, 6.45) is 9.21. The molecular formula is C17H25NO. The number of phenols is 1. The zero-order chi connectivity index (χ0) is 13.2. The SMILES string of the molecule is CCN(C1CCCC1)C1CCCc2ccc(O)cc21. The molecule has 3 rings (SSSR count). The van der Waals surface area contributed by atoms with E-state index in [0.717, 1.165) is 12.6 Å². The van der Waals surface area contributed by atoms with Crippen LogP contribution in [0.1, 0.15) is 62.6 Å². The summed E-state index contributed by atoms with van der Waals surface area (Å²) in [6.45, 7) is 3.42. The Hall–Kier alpha value is -1.02. The Labute approximate surface area is 116 Å². The van der Waals surface area contributed by atoms with Gasteiger partial charge in [-0.25, -0.2) is 0 Å². The number of fused-ring (bicyclic) bond motifs is 1. The minimum atomic E-state index is 0.424. The van der Waals surface area contributed by atoms with Gasteiger partial charge in [0.15, 0.2) is 0 Å². The Kier molecular flexibility index (Phi) is 3.79. The topological polar surface area (TPSA) is 23.5 Å². The number of phenolic OH excluding ortho intramolecular Hbond substituents is 1. The van der Waals surface area contributed by atoms with E-state index in [2.05, 4.69) is 17.9 Å². The van der Waals surface area contributed by atoms with Crippen LogP contribution in [0.25, 0.3) is 0 Å². The predicted molar refractivity (Wildman–Crippen MR) is 78.4 cm³/mol. The van der Waals surface area contributed by atoms with Gasteiger partial charge in [0, 0.05) is 12.1 Å². The smallest absolute Gasteiger partial charge is 0.115 e. The maximum Gasteiger partial charge on any atom is 0.115 e. The molecule has 2 heteroatoms. The van der Waals surface area contributed by atoms with Gasteiger partial charge >= 0.3 is 0 Å². The van der Waals surface area contributed by atoms with Crippen LogP contribution in [0.2, 0.25) is 0 Å². The summed E-state index contributed by atoms with van der Waals surface area (Å²) in [6, 6.07) is 7.27. The van der Waals surface area contributed by atoms with Crippen LogP contribution in [0.5, 0.6) is 5.75 Å². The summed E-state index contributed by atoms with van der Waals surface area (Å²) in [4.78, 5) is 2.70. The van der Waals surface area contributed by atoms with Crippen LogP contribution >= 0.6 is 0 Å². The zero-order valence-corrected chi connectivity index (χ0v) is 11.9. The molecule has 1 N–H and O–H groups in total. The Bertz CT molecular complexity index is 437. The van der Waals surface area contributed by atoms with Crippen LogP contribution in [0.3, 0.4) is 0 Å². The molecule has 0 amide bonds. The van der Waals surface area contributed by atoms with Crippen molar-refractivity contribution >= 4 is 0 Å². The molecule has 2 aliphatic rings. The van der Waals surface area contributed by atoms with Crippen molar-refractivity contribution in [3.63, 3.8) is 0 Å². The molecule has 1 aromatic rings. The highest BCUT2D eigenvalue weighted by atomic mass is 16.3. The van der Waals surface area contributed by atoms with Crippen molar-refractivity contribution in [1.82, 2.24) is 4.90 Å². The van der Waals surface area contributed by atoms with Crippen molar-refractivity contribution in [2.75, 3.05) is 6.54 Å². The number of benzene rings is 1. The van der Waals surface area contributed by atoms with E-state index in [1.807, 2.05) is 12.1 Å². The molecule has 1 fully saturated rings. The van der Waals surface area contributed by atoms with Gasteiger partial charge in [0.25, 0.3) is 0 Å². The number of nitrogens with zero attached hydrogens (tertiary/aromatic N) is 1. The zero-order valence-electron chi connectivity index (χ0n) is 11.9. The lowest BCUT2D eigenvalue weighted by molar-refractivity contribution is 0.129. The second-order valence-electron chi connectivity index (χ2n) is 6.06. The molecule has 0 aliphatic heterocycles. The number of hydrogen-bond donors (Lipinski definition) is 1. The summed E-state index contributed by atoms with van der Waals surface area (Å²) in [7, 11) is 0. The molecule has 2 aliphatic carbocycles. The molecule has 1 unspecified atom stereocenters. The average Bonchev–Trinajstić information content (AvgIpc) is 2.94. The molecule has 2 nitrogen and oxygen atoms in total. The molecule has 1 saturated carbocycles. The van der Waals surface area contributed by atoms with Crippen molar-refractivity contribution in [3.05, 3.63) is 29.3 Å². The fraction of sp³-hybridized carbons (Fsp3) is 0.647. The van der Waals surface area contributed by atoms with Crippen molar-refractivity contribution in [2.24, 2.45) is 0 Å². The fourth-order valence-electron chi connectivity index (χ4n) is 4.08. The van der Waals surface area contributed by atoms with Gasteiger partial charge in [-0.2, -0.15) is 0 Å². The van der Waals surface area contributed by atoms with E-state index in [1.54, 1.807) is 0 Å². The second-order valence-corrected chi connectivity index (χ2v) is 6.06. The van der Waals surface area contributed by atoms with Gasteiger partial charge in [0.1, 0.15) is 5.75 Å². The van der Waals surface area contributed by atoms with E-state index >= 15 is 0 Å². The first-order valence-electron chi connectivity index (χ1n) is 7.87. The van der Waals surface area contributed by atoms with E-state index < -0.39 is 0 Å². The monoisotopic (exact) mass is 259 g/mol. The average molecular weight is 259 g/mol. The first-order valence-corrected chi connectivity index (χ1v) is 7.87. The van der Waals surface area contributed by atoms with E-state index in [9.17, 15) is 5.11 Å². The largest absolute Gasteiger partial charge is 0.508 e. The van der Waals surface area contributed by atoms with Crippen molar-refractivity contribution < 1.29 is 5.11 Å². The lowest BCUT2D eigenvalue weighted by Gasteiger charge is -2.39. The Morgan fingerprint density at radius 1 is 1.16 bits per heavy atom. The van der Waals surface area contributed by atoms with Crippen molar-refractivity contribution in [3.8, 4) is 5.75 Å². The third-order valence-electron chi connectivity index (χ3n) is 4.97. The van der Waals surface area contributed by atoms with Crippen LogP contribution in [-0.2, 0) is 6.42 Å². The Morgan fingerprint density at radius 2 is 1.95 bits per heavy atom. The fourth-order valence-corrected chi connectivity index (χ4v) is 4.08. The standard InChI is InChI=1S/C17H25NO/c1-2-18(14-7-3-4-8-14)17-9-5-6-13-10-11-15(19)12-16(13)17/h10-12,14,17,19H,2-9H2,1H3. The van der Waals surface area contributed by atoms with E-state index in [1.165, 1.54) is 56.1 Å². The van der Waals surface area contributed by atoms with E-state index in [4.69, 9.17) is 0 Å². The molecule has 1 atom stereocenters.